The van der Waals surface area contributed by atoms with Gasteiger partial charge in [0.1, 0.15) is 0 Å². The molecule has 1 saturated carbocycles. The second-order valence-electron chi connectivity index (χ2n) is 6.10. The minimum absolute atomic E-state index is 0.969. The molecule has 0 spiro atoms. The molecule has 1 heterocycles. The molecule has 1 aromatic carbocycles. The summed E-state index contributed by atoms with van der Waals surface area (Å²) in [5.74, 6) is 0.978. The van der Waals surface area contributed by atoms with Crippen LogP contribution in [0.1, 0.15) is 43.4 Å². The molecular weight excluding hydrogens is 244 g/mol. The van der Waals surface area contributed by atoms with Gasteiger partial charge in [-0.05, 0) is 49.6 Å². The Balaban J connectivity index is 1.53. The van der Waals surface area contributed by atoms with Crippen LogP contribution in [0.25, 0.3) is 10.9 Å². The number of nitrogens with one attached hydrogen (secondary N) is 1. The van der Waals surface area contributed by atoms with E-state index in [-0.39, 0.29) is 0 Å². The van der Waals surface area contributed by atoms with E-state index in [4.69, 9.17) is 0 Å². The first-order valence-corrected chi connectivity index (χ1v) is 7.88. The first kappa shape index (κ1) is 13.6. The van der Waals surface area contributed by atoms with Crippen LogP contribution in [0.5, 0.6) is 0 Å². The van der Waals surface area contributed by atoms with Gasteiger partial charge in [0.05, 0.1) is 5.52 Å². The van der Waals surface area contributed by atoms with Crippen LogP contribution < -0.4 is 5.32 Å². The summed E-state index contributed by atoms with van der Waals surface area (Å²) in [6, 6.07) is 10.8. The second-order valence-corrected chi connectivity index (χ2v) is 6.10. The van der Waals surface area contributed by atoms with Gasteiger partial charge in [-0.15, -0.1) is 0 Å². The molecule has 20 heavy (non-hydrogen) atoms. The lowest BCUT2D eigenvalue weighted by Gasteiger charge is -2.10. The summed E-state index contributed by atoms with van der Waals surface area (Å²) in [5, 5.41) is 4.83. The number of benzene rings is 1. The van der Waals surface area contributed by atoms with Gasteiger partial charge in [-0.2, -0.15) is 0 Å². The minimum Gasteiger partial charge on any atom is -0.313 e. The van der Waals surface area contributed by atoms with Gasteiger partial charge in [0, 0.05) is 17.6 Å². The van der Waals surface area contributed by atoms with Crippen molar-refractivity contribution in [3.8, 4) is 0 Å². The highest BCUT2D eigenvalue weighted by molar-refractivity contribution is 5.79. The Labute approximate surface area is 121 Å². The highest BCUT2D eigenvalue weighted by Crippen LogP contribution is 2.26. The average molecular weight is 268 g/mol. The van der Waals surface area contributed by atoms with Crippen LogP contribution in [0.4, 0.5) is 0 Å². The molecule has 2 aromatic rings. The van der Waals surface area contributed by atoms with Crippen molar-refractivity contribution in [1.29, 1.82) is 0 Å². The second kappa shape index (κ2) is 6.36. The van der Waals surface area contributed by atoms with E-state index in [1.54, 1.807) is 0 Å². The van der Waals surface area contributed by atoms with E-state index in [1.807, 2.05) is 6.92 Å². The number of pyridine rings is 1. The van der Waals surface area contributed by atoms with E-state index in [9.17, 15) is 0 Å². The third-order valence-electron chi connectivity index (χ3n) is 4.43. The summed E-state index contributed by atoms with van der Waals surface area (Å²) in [6.07, 6.45) is 7.13. The van der Waals surface area contributed by atoms with Crippen molar-refractivity contribution in [3.63, 3.8) is 0 Å². The average Bonchev–Trinajstić information content (AvgIpc) is 2.97. The van der Waals surface area contributed by atoms with Gasteiger partial charge in [0.2, 0.25) is 0 Å². The molecule has 2 heteroatoms. The van der Waals surface area contributed by atoms with Gasteiger partial charge in [0.25, 0.3) is 0 Å². The lowest BCUT2D eigenvalue weighted by atomic mass is 10.0. The van der Waals surface area contributed by atoms with Crippen LogP contribution in [0.2, 0.25) is 0 Å². The molecule has 0 amide bonds. The van der Waals surface area contributed by atoms with Crippen molar-refractivity contribution in [2.75, 3.05) is 6.54 Å². The van der Waals surface area contributed by atoms with Gasteiger partial charge in [-0.25, -0.2) is 0 Å². The molecule has 1 fully saturated rings. The van der Waals surface area contributed by atoms with Gasteiger partial charge in [-0.1, -0.05) is 37.8 Å². The highest BCUT2D eigenvalue weighted by atomic mass is 14.8. The Morgan fingerprint density at radius 3 is 2.85 bits per heavy atom. The van der Waals surface area contributed by atoms with Crippen LogP contribution in [-0.2, 0) is 6.54 Å². The summed E-state index contributed by atoms with van der Waals surface area (Å²) in [5.41, 5.74) is 3.54. The topological polar surface area (TPSA) is 24.9 Å². The van der Waals surface area contributed by atoms with E-state index in [0.29, 0.717) is 0 Å². The first-order chi connectivity index (χ1) is 9.81. The fourth-order valence-corrected chi connectivity index (χ4v) is 3.22. The maximum Gasteiger partial charge on any atom is 0.0705 e. The zero-order valence-electron chi connectivity index (χ0n) is 12.4. The quantitative estimate of drug-likeness (QED) is 0.822. The van der Waals surface area contributed by atoms with Crippen LogP contribution in [-0.4, -0.2) is 11.5 Å². The van der Waals surface area contributed by atoms with Crippen molar-refractivity contribution in [1.82, 2.24) is 10.3 Å². The summed E-state index contributed by atoms with van der Waals surface area (Å²) < 4.78 is 0. The molecule has 2 nitrogen and oxygen atoms in total. The number of hydrogen-bond acceptors (Lipinski definition) is 2. The molecule has 1 aliphatic rings. The Morgan fingerprint density at radius 1 is 1.15 bits per heavy atom. The molecule has 0 radical (unpaired) electrons. The summed E-state index contributed by atoms with van der Waals surface area (Å²) in [4.78, 5) is 4.55. The van der Waals surface area contributed by atoms with Crippen molar-refractivity contribution >= 4 is 10.9 Å². The van der Waals surface area contributed by atoms with Crippen LogP contribution >= 0.6 is 0 Å². The Bertz CT molecular complexity index is 571. The van der Waals surface area contributed by atoms with Gasteiger partial charge in [0.15, 0.2) is 0 Å². The zero-order chi connectivity index (χ0) is 13.8. The van der Waals surface area contributed by atoms with Crippen LogP contribution in [0, 0.1) is 12.8 Å². The molecule has 3 rings (SSSR count). The van der Waals surface area contributed by atoms with Crippen LogP contribution in [0.15, 0.2) is 30.3 Å². The fourth-order valence-electron chi connectivity index (χ4n) is 3.22. The molecule has 1 aliphatic carbocycles. The van der Waals surface area contributed by atoms with Gasteiger partial charge < -0.3 is 5.32 Å². The molecule has 0 aliphatic heterocycles. The number of aromatic nitrogens is 1. The smallest absolute Gasteiger partial charge is 0.0705 e. The third-order valence-corrected chi connectivity index (χ3v) is 4.43. The molecule has 0 unspecified atom stereocenters. The van der Waals surface area contributed by atoms with E-state index >= 15 is 0 Å². The van der Waals surface area contributed by atoms with E-state index in [1.165, 1.54) is 43.1 Å². The lowest BCUT2D eigenvalue weighted by molar-refractivity contribution is 0.477. The number of aryl methyl sites for hydroxylation is 1. The van der Waals surface area contributed by atoms with E-state index in [0.717, 1.165) is 30.2 Å². The standard InChI is InChI=1S/C18H24N2/c1-14-6-8-17-12-16(7-9-18(17)20-14)13-19-11-10-15-4-2-3-5-15/h6-9,12,15,19H,2-5,10-11,13H2,1H3. The Morgan fingerprint density at radius 2 is 2.00 bits per heavy atom. The predicted molar refractivity (Wildman–Crippen MR) is 84.8 cm³/mol. The van der Waals surface area contributed by atoms with E-state index < -0.39 is 0 Å². The lowest BCUT2D eigenvalue weighted by Crippen LogP contribution is -2.17. The molecular formula is C18H24N2. The summed E-state index contributed by atoms with van der Waals surface area (Å²) in [6.45, 7) is 4.16. The van der Waals surface area contributed by atoms with Crippen molar-refractivity contribution in [2.45, 2.75) is 45.6 Å². The van der Waals surface area contributed by atoms with E-state index in [2.05, 4.69) is 40.6 Å². The Kier molecular flexibility index (Phi) is 4.31. The maximum absolute atomic E-state index is 4.55. The highest BCUT2D eigenvalue weighted by Gasteiger charge is 2.13. The van der Waals surface area contributed by atoms with Gasteiger partial charge >= 0.3 is 0 Å². The number of rotatable bonds is 5. The largest absolute Gasteiger partial charge is 0.313 e. The van der Waals surface area contributed by atoms with Crippen molar-refractivity contribution in [3.05, 3.63) is 41.6 Å². The molecule has 0 saturated heterocycles. The molecule has 1 aromatic heterocycles. The normalized spacial score (nSPS) is 16.1. The minimum atomic E-state index is 0.969. The van der Waals surface area contributed by atoms with Crippen molar-refractivity contribution in [2.24, 2.45) is 5.92 Å². The molecule has 106 valence electrons. The zero-order valence-corrected chi connectivity index (χ0v) is 12.4. The Hall–Kier alpha value is -1.41. The van der Waals surface area contributed by atoms with Crippen molar-refractivity contribution < 1.29 is 0 Å². The maximum atomic E-state index is 4.55. The monoisotopic (exact) mass is 268 g/mol. The number of hydrogen-bond donors (Lipinski definition) is 1. The molecule has 0 atom stereocenters. The first-order valence-electron chi connectivity index (χ1n) is 7.88. The number of nitrogens with zero attached hydrogens (tertiary/aromatic N) is 1. The van der Waals surface area contributed by atoms with Gasteiger partial charge in [-0.3, -0.25) is 4.98 Å². The SMILES string of the molecule is Cc1ccc2cc(CNCCC3CCCC3)ccc2n1. The molecule has 0 bridgehead atoms. The number of fused-ring (bicyclic) bond motifs is 1. The fraction of sp³-hybridized carbons (Fsp3) is 0.500. The van der Waals surface area contributed by atoms with Crippen LogP contribution in [0.3, 0.4) is 0 Å². The summed E-state index contributed by atoms with van der Waals surface area (Å²) in [7, 11) is 0. The third kappa shape index (κ3) is 3.37. The summed E-state index contributed by atoms with van der Waals surface area (Å²) >= 11 is 0. The predicted octanol–water partition coefficient (Wildman–Crippen LogP) is 4.21. The molecule has 1 N–H and O–H groups in total.